The highest BCUT2D eigenvalue weighted by Gasteiger charge is 2.38. The molecular weight excluding hydrogens is 314 g/mol. The standard InChI is InChI=1S/C13H19NO5S2/c1-8-5-10(20-11(8)12(15)16)21(17,18)14-6-9(2)19-13(3,4)7-14/h5,9H,6-7H2,1-4H3,(H,15,16). The molecule has 1 unspecified atom stereocenters. The van der Waals surface area contributed by atoms with Gasteiger partial charge < -0.3 is 9.84 Å². The summed E-state index contributed by atoms with van der Waals surface area (Å²) in [5.41, 5.74) is -0.0983. The first-order valence-electron chi connectivity index (χ1n) is 6.54. The maximum absolute atomic E-state index is 12.7. The van der Waals surface area contributed by atoms with E-state index in [1.54, 1.807) is 6.92 Å². The van der Waals surface area contributed by atoms with Gasteiger partial charge in [-0.25, -0.2) is 13.2 Å². The molecule has 0 aromatic carbocycles. The van der Waals surface area contributed by atoms with Crippen LogP contribution in [-0.4, -0.2) is 48.6 Å². The zero-order chi connectivity index (χ0) is 16.0. The minimum Gasteiger partial charge on any atom is -0.477 e. The van der Waals surface area contributed by atoms with Crippen molar-refractivity contribution in [2.45, 2.75) is 43.6 Å². The van der Waals surface area contributed by atoms with Gasteiger partial charge in [-0.15, -0.1) is 11.3 Å². The number of ether oxygens (including phenoxy) is 1. The van der Waals surface area contributed by atoms with E-state index in [0.29, 0.717) is 5.56 Å². The summed E-state index contributed by atoms with van der Waals surface area (Å²) in [6.45, 7) is 7.63. The lowest BCUT2D eigenvalue weighted by molar-refractivity contribution is -0.109. The molecule has 1 aromatic rings. The lowest BCUT2D eigenvalue weighted by atomic mass is 10.1. The van der Waals surface area contributed by atoms with Gasteiger partial charge in [0.15, 0.2) is 0 Å². The number of hydrogen-bond donors (Lipinski definition) is 1. The molecule has 0 radical (unpaired) electrons. The highest BCUT2D eigenvalue weighted by atomic mass is 32.2. The third-order valence-electron chi connectivity index (χ3n) is 3.22. The van der Waals surface area contributed by atoms with Crippen molar-refractivity contribution in [3.05, 3.63) is 16.5 Å². The molecule has 1 saturated heterocycles. The Kier molecular flexibility index (Phi) is 4.18. The zero-order valence-electron chi connectivity index (χ0n) is 12.4. The van der Waals surface area contributed by atoms with Crippen molar-refractivity contribution < 1.29 is 23.1 Å². The molecule has 1 fully saturated rings. The molecule has 1 atom stereocenters. The smallest absolute Gasteiger partial charge is 0.346 e. The van der Waals surface area contributed by atoms with Crippen molar-refractivity contribution >= 4 is 27.3 Å². The molecule has 0 saturated carbocycles. The summed E-state index contributed by atoms with van der Waals surface area (Å²) in [5.74, 6) is -1.10. The van der Waals surface area contributed by atoms with E-state index >= 15 is 0 Å². The number of rotatable bonds is 3. The lowest BCUT2D eigenvalue weighted by Crippen LogP contribution is -2.53. The van der Waals surface area contributed by atoms with Crippen molar-refractivity contribution in [2.75, 3.05) is 13.1 Å². The normalized spacial score (nSPS) is 23.1. The number of carboxylic acid groups (broad SMARTS) is 1. The van der Waals surface area contributed by atoms with E-state index in [9.17, 15) is 13.2 Å². The first-order valence-corrected chi connectivity index (χ1v) is 8.80. The Morgan fingerprint density at radius 1 is 1.52 bits per heavy atom. The maximum Gasteiger partial charge on any atom is 0.346 e. The van der Waals surface area contributed by atoms with Crippen LogP contribution in [0, 0.1) is 6.92 Å². The highest BCUT2D eigenvalue weighted by molar-refractivity contribution is 7.91. The second kappa shape index (κ2) is 5.35. The topological polar surface area (TPSA) is 83.9 Å². The molecule has 0 spiro atoms. The number of morpholine rings is 1. The molecule has 0 amide bonds. The molecule has 1 aliphatic heterocycles. The van der Waals surface area contributed by atoms with Crippen molar-refractivity contribution in [1.82, 2.24) is 4.31 Å². The number of nitrogens with zero attached hydrogens (tertiary/aromatic N) is 1. The Morgan fingerprint density at radius 2 is 2.14 bits per heavy atom. The van der Waals surface area contributed by atoms with E-state index in [1.165, 1.54) is 10.4 Å². The van der Waals surface area contributed by atoms with Crippen molar-refractivity contribution in [1.29, 1.82) is 0 Å². The Balaban J connectivity index is 2.38. The van der Waals surface area contributed by atoms with Crippen molar-refractivity contribution in [3.63, 3.8) is 0 Å². The number of sulfonamides is 1. The van der Waals surface area contributed by atoms with Crippen molar-refractivity contribution in [2.24, 2.45) is 0 Å². The van der Waals surface area contributed by atoms with Crippen LogP contribution in [0.1, 0.15) is 36.0 Å². The molecule has 1 aromatic heterocycles. The van der Waals surface area contributed by atoms with E-state index in [-0.39, 0.29) is 28.3 Å². The SMILES string of the molecule is Cc1cc(S(=O)(=O)N2CC(C)OC(C)(C)C2)sc1C(=O)O. The van der Waals surface area contributed by atoms with Gasteiger partial charge in [-0.3, -0.25) is 0 Å². The summed E-state index contributed by atoms with van der Waals surface area (Å²) in [6, 6.07) is 1.43. The van der Waals surface area contributed by atoms with Crippen LogP contribution >= 0.6 is 11.3 Å². The summed E-state index contributed by atoms with van der Waals surface area (Å²) < 4.78 is 32.5. The number of carbonyl (C=O) groups is 1. The molecule has 8 heteroatoms. The summed E-state index contributed by atoms with van der Waals surface area (Å²) in [4.78, 5) is 11.1. The number of hydrogen-bond acceptors (Lipinski definition) is 5. The predicted molar refractivity (Wildman–Crippen MR) is 79.4 cm³/mol. The van der Waals surface area contributed by atoms with Crippen LogP contribution in [0.4, 0.5) is 0 Å². The minimum absolute atomic E-state index is 0.0640. The Bertz CT molecular complexity index is 662. The quantitative estimate of drug-likeness (QED) is 0.914. The molecule has 1 aliphatic rings. The Labute approximate surface area is 128 Å². The molecule has 0 bridgehead atoms. The average Bonchev–Trinajstić information content (AvgIpc) is 2.69. The number of carboxylic acids is 1. The van der Waals surface area contributed by atoms with Gasteiger partial charge in [-0.05, 0) is 39.3 Å². The molecule has 0 aliphatic carbocycles. The zero-order valence-corrected chi connectivity index (χ0v) is 14.0. The van der Waals surface area contributed by atoms with Crippen LogP contribution < -0.4 is 0 Å². The van der Waals surface area contributed by atoms with E-state index in [1.807, 2.05) is 20.8 Å². The second-order valence-electron chi connectivity index (χ2n) is 5.87. The van der Waals surface area contributed by atoms with E-state index in [2.05, 4.69) is 0 Å². The summed E-state index contributed by atoms with van der Waals surface area (Å²) in [7, 11) is -3.69. The van der Waals surface area contributed by atoms with E-state index in [0.717, 1.165) is 11.3 Å². The second-order valence-corrected chi connectivity index (χ2v) is 9.09. The Hall–Kier alpha value is -0.960. The fraction of sp³-hybridized carbons (Fsp3) is 0.615. The molecule has 2 rings (SSSR count). The minimum atomic E-state index is -3.69. The lowest BCUT2D eigenvalue weighted by Gasteiger charge is -2.40. The van der Waals surface area contributed by atoms with Crippen LogP contribution in [0.2, 0.25) is 0 Å². The highest BCUT2D eigenvalue weighted by Crippen LogP contribution is 2.31. The fourth-order valence-corrected chi connectivity index (χ4v) is 5.70. The molecular formula is C13H19NO5S2. The molecule has 2 heterocycles. The van der Waals surface area contributed by atoms with Crippen LogP contribution in [-0.2, 0) is 14.8 Å². The van der Waals surface area contributed by atoms with Crippen molar-refractivity contribution in [3.8, 4) is 0 Å². The molecule has 21 heavy (non-hydrogen) atoms. The van der Waals surface area contributed by atoms with Gasteiger partial charge in [-0.2, -0.15) is 4.31 Å². The van der Waals surface area contributed by atoms with Crippen LogP contribution in [0.15, 0.2) is 10.3 Å². The van der Waals surface area contributed by atoms with Gasteiger partial charge in [0, 0.05) is 13.1 Å². The monoisotopic (exact) mass is 333 g/mol. The fourth-order valence-electron chi connectivity index (χ4n) is 2.50. The van der Waals surface area contributed by atoms with Gasteiger partial charge in [-0.1, -0.05) is 0 Å². The number of aryl methyl sites for hydroxylation is 1. The Morgan fingerprint density at radius 3 is 2.62 bits per heavy atom. The largest absolute Gasteiger partial charge is 0.477 e. The number of aromatic carboxylic acids is 1. The van der Waals surface area contributed by atoms with Crippen LogP contribution in [0.25, 0.3) is 0 Å². The molecule has 1 N–H and O–H groups in total. The van der Waals surface area contributed by atoms with Gasteiger partial charge in [0.2, 0.25) is 0 Å². The first-order chi connectivity index (χ1) is 9.53. The average molecular weight is 333 g/mol. The summed E-state index contributed by atoms with van der Waals surface area (Å²) in [5, 5.41) is 9.06. The van der Waals surface area contributed by atoms with Gasteiger partial charge in [0.25, 0.3) is 10.0 Å². The summed E-state index contributed by atoms with van der Waals surface area (Å²) in [6.07, 6.45) is -0.205. The third-order valence-corrected chi connectivity index (χ3v) is 6.71. The van der Waals surface area contributed by atoms with Gasteiger partial charge in [0.05, 0.1) is 11.7 Å². The predicted octanol–water partition coefficient (Wildman–Crippen LogP) is 1.94. The molecule has 6 nitrogen and oxygen atoms in total. The van der Waals surface area contributed by atoms with E-state index in [4.69, 9.17) is 9.84 Å². The number of thiophene rings is 1. The van der Waals surface area contributed by atoms with Gasteiger partial charge in [0.1, 0.15) is 9.09 Å². The van der Waals surface area contributed by atoms with Crippen LogP contribution in [0.3, 0.4) is 0 Å². The van der Waals surface area contributed by atoms with E-state index < -0.39 is 21.6 Å². The van der Waals surface area contributed by atoms with Gasteiger partial charge >= 0.3 is 5.97 Å². The van der Waals surface area contributed by atoms with Crippen LogP contribution in [0.5, 0.6) is 0 Å². The molecule has 118 valence electrons. The third kappa shape index (κ3) is 3.28. The first kappa shape index (κ1) is 16.4. The maximum atomic E-state index is 12.7. The summed E-state index contributed by atoms with van der Waals surface area (Å²) >= 11 is 0.800.